The summed E-state index contributed by atoms with van der Waals surface area (Å²) in [5.41, 5.74) is 3.18. The number of hydrogen-bond donors (Lipinski definition) is 1. The second kappa shape index (κ2) is 6.13. The summed E-state index contributed by atoms with van der Waals surface area (Å²) in [6, 6.07) is 2.11. The van der Waals surface area contributed by atoms with Gasteiger partial charge in [-0.05, 0) is 43.8 Å². The van der Waals surface area contributed by atoms with Crippen LogP contribution in [-0.2, 0) is 0 Å². The highest BCUT2D eigenvalue weighted by atomic mass is 15.1. The summed E-state index contributed by atoms with van der Waals surface area (Å²) in [5.74, 6) is 3.38. The molecular weight excluding hydrogens is 310 g/mol. The maximum Gasteiger partial charge on any atom is 0.154 e. The average molecular weight is 337 g/mol. The van der Waals surface area contributed by atoms with Crippen LogP contribution in [0.5, 0.6) is 0 Å². The number of fused-ring (bicyclic) bond motifs is 3. The van der Waals surface area contributed by atoms with Crippen molar-refractivity contribution in [1.82, 2.24) is 24.3 Å². The van der Waals surface area contributed by atoms with Gasteiger partial charge in [0.15, 0.2) is 5.65 Å². The fraction of sp³-hybridized carbons (Fsp3) is 0.600. The molecule has 0 unspecified atom stereocenters. The third-order valence-electron chi connectivity index (χ3n) is 6.54. The summed E-state index contributed by atoms with van der Waals surface area (Å²) in [5, 5.41) is 0. The molecule has 2 aliphatic rings. The number of piperidine rings is 1. The molecule has 2 atom stereocenters. The summed E-state index contributed by atoms with van der Waals surface area (Å²) in [6.45, 7) is 6.04. The summed E-state index contributed by atoms with van der Waals surface area (Å²) in [4.78, 5) is 15.2. The highest BCUT2D eigenvalue weighted by molar-refractivity contribution is 5.75. The molecule has 1 aliphatic heterocycles. The third kappa shape index (κ3) is 2.65. The molecule has 5 heteroatoms. The minimum absolute atomic E-state index is 0.498. The smallest absolute Gasteiger partial charge is 0.154 e. The molecular formula is C20H27N5. The van der Waals surface area contributed by atoms with Gasteiger partial charge < -0.3 is 9.88 Å². The van der Waals surface area contributed by atoms with Crippen LogP contribution in [0.2, 0.25) is 0 Å². The van der Waals surface area contributed by atoms with E-state index in [2.05, 4.69) is 32.3 Å². The molecule has 3 aromatic heterocycles. The van der Waals surface area contributed by atoms with E-state index in [0.29, 0.717) is 11.8 Å². The van der Waals surface area contributed by atoms with Crippen molar-refractivity contribution in [2.24, 2.45) is 11.8 Å². The van der Waals surface area contributed by atoms with Crippen LogP contribution < -0.4 is 0 Å². The maximum atomic E-state index is 4.84. The van der Waals surface area contributed by atoms with Crippen molar-refractivity contribution in [3.05, 3.63) is 30.5 Å². The lowest BCUT2D eigenvalue weighted by Gasteiger charge is -2.38. The maximum absolute atomic E-state index is 4.84. The minimum Gasteiger partial charge on any atom is -0.345 e. The fourth-order valence-corrected chi connectivity index (χ4v) is 4.58. The Hall–Kier alpha value is -1.88. The van der Waals surface area contributed by atoms with Gasteiger partial charge >= 0.3 is 0 Å². The Bertz CT molecular complexity index is 875. The van der Waals surface area contributed by atoms with Crippen molar-refractivity contribution in [1.29, 1.82) is 0 Å². The Balaban J connectivity index is 1.44. The van der Waals surface area contributed by atoms with Gasteiger partial charge in [0.1, 0.15) is 5.82 Å². The largest absolute Gasteiger partial charge is 0.345 e. The van der Waals surface area contributed by atoms with Crippen molar-refractivity contribution in [3.8, 4) is 0 Å². The van der Waals surface area contributed by atoms with Crippen molar-refractivity contribution in [2.45, 2.75) is 44.9 Å². The van der Waals surface area contributed by atoms with E-state index in [-0.39, 0.29) is 0 Å². The quantitative estimate of drug-likeness (QED) is 0.787. The summed E-state index contributed by atoms with van der Waals surface area (Å²) < 4.78 is 2.31. The third-order valence-corrected chi connectivity index (χ3v) is 6.54. The molecule has 0 radical (unpaired) electrons. The molecule has 0 spiro atoms. The molecule has 0 aromatic carbocycles. The van der Waals surface area contributed by atoms with Gasteiger partial charge in [-0.25, -0.2) is 9.97 Å². The number of likely N-dealkylation sites (tertiary alicyclic amines) is 1. The molecule has 1 saturated heterocycles. The number of nitrogens with zero attached hydrogens (tertiary/aromatic N) is 4. The number of imidazole rings is 1. The number of nitrogens with one attached hydrogen (secondary N) is 1. The molecule has 0 bridgehead atoms. The zero-order chi connectivity index (χ0) is 16.8. The average Bonchev–Trinajstić information content (AvgIpc) is 3.20. The Morgan fingerprint density at radius 2 is 2.08 bits per heavy atom. The van der Waals surface area contributed by atoms with E-state index in [9.17, 15) is 0 Å². The number of hydrogen-bond acceptors (Lipinski definition) is 3. The Morgan fingerprint density at radius 1 is 1.20 bits per heavy atom. The van der Waals surface area contributed by atoms with E-state index in [1.165, 1.54) is 51.0 Å². The van der Waals surface area contributed by atoms with Crippen LogP contribution in [0, 0.1) is 11.8 Å². The van der Waals surface area contributed by atoms with E-state index in [1.54, 1.807) is 0 Å². The predicted octanol–water partition coefficient (Wildman–Crippen LogP) is 3.83. The fourth-order valence-electron chi connectivity index (χ4n) is 4.58. The number of H-pyrrole nitrogens is 1. The molecule has 1 N–H and O–H groups in total. The first-order chi connectivity index (χ1) is 12.3. The van der Waals surface area contributed by atoms with E-state index in [1.807, 2.05) is 18.6 Å². The van der Waals surface area contributed by atoms with Crippen LogP contribution in [0.4, 0.5) is 0 Å². The van der Waals surface area contributed by atoms with Crippen LogP contribution in [-0.4, -0.2) is 43.9 Å². The molecule has 0 amide bonds. The molecule has 4 heterocycles. The van der Waals surface area contributed by atoms with E-state index >= 15 is 0 Å². The first-order valence-electron chi connectivity index (χ1n) is 9.81. The Kier molecular flexibility index (Phi) is 3.77. The van der Waals surface area contributed by atoms with Crippen molar-refractivity contribution < 1.29 is 0 Å². The molecule has 132 valence electrons. The summed E-state index contributed by atoms with van der Waals surface area (Å²) in [6.07, 6.45) is 12.9. The number of rotatable bonds is 4. The molecule has 3 aromatic rings. The van der Waals surface area contributed by atoms with Gasteiger partial charge in [0, 0.05) is 18.7 Å². The highest BCUT2D eigenvalue weighted by Gasteiger charge is 2.31. The molecule has 2 fully saturated rings. The van der Waals surface area contributed by atoms with Gasteiger partial charge in [0.25, 0.3) is 0 Å². The topological polar surface area (TPSA) is 49.2 Å². The second-order valence-electron chi connectivity index (χ2n) is 8.11. The monoisotopic (exact) mass is 337 g/mol. The van der Waals surface area contributed by atoms with Crippen molar-refractivity contribution in [3.63, 3.8) is 0 Å². The van der Waals surface area contributed by atoms with Crippen LogP contribution in [0.25, 0.3) is 16.7 Å². The standard InChI is InChI=1S/C20H27N5/c1-14-6-9-24(10-7-15-3-2-4-15)13-17(14)20-23-12-16-11-22-19-18(25(16)20)5-8-21-19/h5,8,11-12,14-15,17,21H,2-4,6-7,9-10,13H2,1H3/t14-,17+/m0/s1. The molecule has 5 rings (SSSR count). The van der Waals surface area contributed by atoms with Crippen LogP contribution >= 0.6 is 0 Å². The van der Waals surface area contributed by atoms with Gasteiger partial charge in [0.2, 0.25) is 0 Å². The van der Waals surface area contributed by atoms with Gasteiger partial charge in [-0.15, -0.1) is 0 Å². The van der Waals surface area contributed by atoms with E-state index in [4.69, 9.17) is 4.98 Å². The lowest BCUT2D eigenvalue weighted by atomic mass is 9.82. The lowest BCUT2D eigenvalue weighted by Crippen LogP contribution is -2.40. The van der Waals surface area contributed by atoms with Gasteiger partial charge in [-0.2, -0.15) is 0 Å². The molecule has 1 saturated carbocycles. The van der Waals surface area contributed by atoms with Crippen LogP contribution in [0.1, 0.15) is 50.8 Å². The second-order valence-corrected chi connectivity index (χ2v) is 8.11. The van der Waals surface area contributed by atoms with Crippen LogP contribution in [0.15, 0.2) is 24.7 Å². The number of aromatic amines is 1. The normalized spacial score (nSPS) is 25.6. The molecule has 1 aliphatic carbocycles. The van der Waals surface area contributed by atoms with E-state index in [0.717, 1.165) is 29.1 Å². The summed E-state index contributed by atoms with van der Waals surface area (Å²) >= 11 is 0. The van der Waals surface area contributed by atoms with Crippen molar-refractivity contribution in [2.75, 3.05) is 19.6 Å². The molecule has 5 nitrogen and oxygen atoms in total. The highest BCUT2D eigenvalue weighted by Crippen LogP contribution is 2.34. The number of aromatic nitrogens is 4. The van der Waals surface area contributed by atoms with Gasteiger partial charge in [-0.3, -0.25) is 4.40 Å². The SMILES string of the molecule is C[C@H]1CCN(CCC2CCC2)C[C@H]1c1ncc2cnc3[nH]ccc3n12. The lowest BCUT2D eigenvalue weighted by molar-refractivity contribution is 0.143. The van der Waals surface area contributed by atoms with Crippen LogP contribution in [0.3, 0.4) is 0 Å². The zero-order valence-corrected chi connectivity index (χ0v) is 15.0. The Morgan fingerprint density at radius 3 is 2.92 bits per heavy atom. The predicted molar refractivity (Wildman–Crippen MR) is 99.8 cm³/mol. The first kappa shape index (κ1) is 15.4. The Labute approximate surface area is 148 Å². The summed E-state index contributed by atoms with van der Waals surface area (Å²) in [7, 11) is 0. The van der Waals surface area contributed by atoms with Gasteiger partial charge in [-0.1, -0.05) is 26.2 Å². The minimum atomic E-state index is 0.498. The van der Waals surface area contributed by atoms with Crippen molar-refractivity contribution >= 4 is 16.7 Å². The first-order valence-corrected chi connectivity index (χ1v) is 9.81. The molecule has 25 heavy (non-hydrogen) atoms. The zero-order valence-electron chi connectivity index (χ0n) is 15.0. The van der Waals surface area contributed by atoms with E-state index < -0.39 is 0 Å². The van der Waals surface area contributed by atoms with Gasteiger partial charge in [0.05, 0.1) is 23.4 Å².